The number of piperidine rings is 1. The highest BCUT2D eigenvalue weighted by Gasteiger charge is 2.38. The van der Waals surface area contributed by atoms with Crippen molar-refractivity contribution in [1.82, 2.24) is 10.6 Å². The van der Waals surface area contributed by atoms with Crippen LogP contribution in [0.3, 0.4) is 0 Å². The number of amides is 3. The fourth-order valence-electron chi connectivity index (χ4n) is 3.74. The van der Waals surface area contributed by atoms with Crippen molar-refractivity contribution >= 4 is 29.2 Å². The molecule has 3 rings (SSSR count). The van der Waals surface area contributed by atoms with E-state index in [4.69, 9.17) is 10.5 Å². The summed E-state index contributed by atoms with van der Waals surface area (Å²) in [6.45, 7) is 3.09. The van der Waals surface area contributed by atoms with Crippen molar-refractivity contribution < 1.29 is 24.0 Å². The van der Waals surface area contributed by atoms with Gasteiger partial charge in [0.05, 0.1) is 30.5 Å². The van der Waals surface area contributed by atoms with Gasteiger partial charge in [0.25, 0.3) is 5.91 Å². The average molecular weight is 393 g/mol. The standard InChI is InChI=1S/C18H24N4O4S/c1-2-26-17(24)14-11(10-22-8-4-3-6-12(22)16(19)23)20-18(25)21-15(14)13-7-5-9-27-13/h5,7,9,12,15H,2-4,6,8,10H2,1H3,(H2,19,23)(H2,20,21,25)/p+1/t12-,15+/m1/s1. The summed E-state index contributed by atoms with van der Waals surface area (Å²) in [6.07, 6.45) is 2.64. The van der Waals surface area contributed by atoms with E-state index in [9.17, 15) is 14.4 Å². The second-order valence-electron chi connectivity index (χ2n) is 6.70. The summed E-state index contributed by atoms with van der Waals surface area (Å²) in [6, 6.07) is 2.49. The molecule has 3 heterocycles. The molecule has 1 aromatic heterocycles. The molecule has 0 aliphatic carbocycles. The van der Waals surface area contributed by atoms with Crippen LogP contribution in [-0.2, 0) is 14.3 Å². The zero-order valence-corrected chi connectivity index (χ0v) is 16.1. The smallest absolute Gasteiger partial charge is 0.338 e. The molecule has 5 N–H and O–H groups in total. The Morgan fingerprint density at radius 1 is 1.41 bits per heavy atom. The largest absolute Gasteiger partial charge is 0.463 e. The number of carbonyl (C=O) groups is 3. The Kier molecular flexibility index (Phi) is 6.12. The number of hydrogen-bond donors (Lipinski definition) is 4. The monoisotopic (exact) mass is 393 g/mol. The second kappa shape index (κ2) is 8.53. The molecule has 9 heteroatoms. The Labute approximate surface area is 161 Å². The van der Waals surface area contributed by atoms with E-state index in [0.717, 1.165) is 29.2 Å². The molecule has 1 fully saturated rings. The van der Waals surface area contributed by atoms with Crippen LogP contribution in [0.15, 0.2) is 28.8 Å². The van der Waals surface area contributed by atoms with Crippen molar-refractivity contribution in [2.75, 3.05) is 19.7 Å². The minimum atomic E-state index is -0.566. The number of rotatable bonds is 6. The Hall–Kier alpha value is -2.39. The lowest BCUT2D eigenvalue weighted by Crippen LogP contribution is -3.18. The highest BCUT2D eigenvalue weighted by molar-refractivity contribution is 7.10. The summed E-state index contributed by atoms with van der Waals surface area (Å²) < 4.78 is 5.25. The van der Waals surface area contributed by atoms with Gasteiger partial charge >= 0.3 is 12.0 Å². The van der Waals surface area contributed by atoms with Gasteiger partial charge in [0.1, 0.15) is 6.54 Å². The van der Waals surface area contributed by atoms with Gasteiger partial charge in [-0.3, -0.25) is 4.79 Å². The lowest BCUT2D eigenvalue weighted by atomic mass is 9.98. The van der Waals surface area contributed by atoms with Gasteiger partial charge in [0.15, 0.2) is 6.04 Å². The SMILES string of the molecule is CCOC(=O)C1=C(C[NH+]2CCCC[C@@H]2C(N)=O)NC(=O)N[C@H]1c1cccs1. The summed E-state index contributed by atoms with van der Waals surface area (Å²) in [7, 11) is 0. The van der Waals surface area contributed by atoms with Gasteiger partial charge < -0.3 is 26.0 Å². The topological polar surface area (TPSA) is 115 Å². The van der Waals surface area contributed by atoms with E-state index in [1.165, 1.54) is 11.3 Å². The Balaban J connectivity index is 1.97. The average Bonchev–Trinajstić information content (AvgIpc) is 3.16. The van der Waals surface area contributed by atoms with Gasteiger partial charge in [0.2, 0.25) is 0 Å². The van der Waals surface area contributed by atoms with E-state index < -0.39 is 12.0 Å². The maximum atomic E-state index is 12.7. The molecule has 0 bridgehead atoms. The van der Waals surface area contributed by atoms with E-state index in [2.05, 4.69) is 10.6 Å². The molecule has 0 spiro atoms. The molecule has 1 saturated heterocycles. The zero-order valence-electron chi connectivity index (χ0n) is 15.2. The lowest BCUT2D eigenvalue weighted by molar-refractivity contribution is -0.916. The molecule has 1 aromatic rings. The predicted molar refractivity (Wildman–Crippen MR) is 99.9 cm³/mol. The molecule has 3 atom stereocenters. The Bertz CT molecular complexity index is 747. The minimum absolute atomic E-state index is 0.237. The third kappa shape index (κ3) is 4.30. The number of urea groups is 1. The number of likely N-dealkylation sites (tertiary alicyclic amines) is 1. The Morgan fingerprint density at radius 2 is 2.22 bits per heavy atom. The number of ether oxygens (including phenoxy) is 1. The molecule has 0 aromatic carbocycles. The number of esters is 1. The normalized spacial score (nSPS) is 25.5. The summed E-state index contributed by atoms with van der Waals surface area (Å²) in [5, 5.41) is 7.47. The molecule has 8 nitrogen and oxygen atoms in total. The van der Waals surface area contributed by atoms with E-state index in [1.54, 1.807) is 6.92 Å². The third-order valence-corrected chi connectivity index (χ3v) is 5.89. The van der Waals surface area contributed by atoms with Gasteiger partial charge in [-0.2, -0.15) is 0 Å². The van der Waals surface area contributed by atoms with Crippen molar-refractivity contribution in [2.24, 2.45) is 5.73 Å². The van der Waals surface area contributed by atoms with Crippen LogP contribution in [0.4, 0.5) is 4.79 Å². The first-order chi connectivity index (χ1) is 13.0. The van der Waals surface area contributed by atoms with Crippen LogP contribution in [0.25, 0.3) is 0 Å². The van der Waals surface area contributed by atoms with E-state index in [-0.39, 0.29) is 24.6 Å². The van der Waals surface area contributed by atoms with Gasteiger partial charge in [-0.1, -0.05) is 6.07 Å². The van der Waals surface area contributed by atoms with E-state index in [0.29, 0.717) is 24.2 Å². The zero-order chi connectivity index (χ0) is 19.4. The molecule has 0 radical (unpaired) electrons. The van der Waals surface area contributed by atoms with Gasteiger partial charge in [0, 0.05) is 11.3 Å². The fourth-order valence-corrected chi connectivity index (χ4v) is 4.52. The summed E-state index contributed by atoms with van der Waals surface area (Å²) in [4.78, 5) is 38.6. The first-order valence-electron chi connectivity index (χ1n) is 9.16. The van der Waals surface area contributed by atoms with Crippen LogP contribution < -0.4 is 21.3 Å². The quantitative estimate of drug-likeness (QED) is 0.503. The third-order valence-electron chi connectivity index (χ3n) is 4.96. The number of nitrogens with one attached hydrogen (secondary N) is 3. The van der Waals surface area contributed by atoms with E-state index in [1.807, 2.05) is 17.5 Å². The van der Waals surface area contributed by atoms with Crippen LogP contribution in [0.1, 0.15) is 37.1 Å². The number of hydrogen-bond acceptors (Lipinski definition) is 5. The van der Waals surface area contributed by atoms with Crippen molar-refractivity contribution in [3.63, 3.8) is 0 Å². The first-order valence-corrected chi connectivity index (χ1v) is 10.0. The van der Waals surface area contributed by atoms with Crippen molar-refractivity contribution in [2.45, 2.75) is 38.3 Å². The maximum Gasteiger partial charge on any atom is 0.338 e. The first kappa shape index (κ1) is 19.4. The molecular weight excluding hydrogens is 368 g/mol. The lowest BCUT2D eigenvalue weighted by Gasteiger charge is -2.34. The molecule has 3 amide bonds. The predicted octanol–water partition coefficient (Wildman–Crippen LogP) is -0.158. The molecular formula is C18H25N4O4S+. The number of thiophene rings is 1. The molecule has 1 unspecified atom stereocenters. The highest BCUT2D eigenvalue weighted by Crippen LogP contribution is 2.30. The van der Waals surface area contributed by atoms with Crippen LogP contribution in [0.2, 0.25) is 0 Å². The van der Waals surface area contributed by atoms with Crippen molar-refractivity contribution in [1.29, 1.82) is 0 Å². The van der Waals surface area contributed by atoms with E-state index >= 15 is 0 Å². The summed E-state index contributed by atoms with van der Waals surface area (Å²) in [5.41, 5.74) is 6.46. The van der Waals surface area contributed by atoms with Crippen LogP contribution in [0.5, 0.6) is 0 Å². The van der Waals surface area contributed by atoms with Crippen molar-refractivity contribution in [3.05, 3.63) is 33.7 Å². The highest BCUT2D eigenvalue weighted by atomic mass is 32.1. The maximum absolute atomic E-state index is 12.7. The molecule has 2 aliphatic rings. The molecule has 0 saturated carbocycles. The van der Waals surface area contributed by atoms with Crippen LogP contribution >= 0.6 is 11.3 Å². The summed E-state index contributed by atoms with van der Waals surface area (Å²) >= 11 is 1.46. The fraction of sp³-hybridized carbons (Fsp3) is 0.500. The van der Waals surface area contributed by atoms with Gasteiger partial charge in [-0.15, -0.1) is 11.3 Å². The molecule has 27 heavy (non-hydrogen) atoms. The van der Waals surface area contributed by atoms with Crippen LogP contribution in [0, 0.1) is 0 Å². The van der Waals surface area contributed by atoms with Crippen molar-refractivity contribution in [3.8, 4) is 0 Å². The van der Waals surface area contributed by atoms with Gasteiger partial charge in [-0.25, -0.2) is 9.59 Å². The number of nitrogens with two attached hydrogens (primary N) is 1. The summed E-state index contributed by atoms with van der Waals surface area (Å²) in [5.74, 6) is -0.816. The molecule has 2 aliphatic heterocycles. The second-order valence-corrected chi connectivity index (χ2v) is 7.67. The molecule has 146 valence electrons. The Morgan fingerprint density at radius 3 is 2.89 bits per heavy atom. The number of carbonyl (C=O) groups excluding carboxylic acids is 3. The number of primary amides is 1. The minimum Gasteiger partial charge on any atom is -0.463 e. The van der Waals surface area contributed by atoms with Gasteiger partial charge in [-0.05, 0) is 31.2 Å². The van der Waals surface area contributed by atoms with Crippen LogP contribution in [-0.4, -0.2) is 43.6 Å². The number of quaternary nitrogens is 1.